The molecular weight excluding hydrogens is 309 g/mol. The lowest BCUT2D eigenvalue weighted by Gasteiger charge is -2.24. The molecule has 1 N–H and O–H groups in total. The summed E-state index contributed by atoms with van der Waals surface area (Å²) in [5.74, 6) is -0.585. The van der Waals surface area contributed by atoms with E-state index in [0.717, 1.165) is 23.7 Å². The van der Waals surface area contributed by atoms with Gasteiger partial charge < -0.3 is 5.32 Å². The first-order chi connectivity index (χ1) is 8.84. The van der Waals surface area contributed by atoms with Gasteiger partial charge in [-0.05, 0) is 48.9 Å². The van der Waals surface area contributed by atoms with E-state index in [0.29, 0.717) is 12.1 Å². The van der Waals surface area contributed by atoms with Crippen LogP contribution in [0.2, 0.25) is 0 Å². The third-order valence-corrected chi connectivity index (χ3v) is 3.58. The van der Waals surface area contributed by atoms with E-state index in [1.165, 1.54) is 12.1 Å². The van der Waals surface area contributed by atoms with E-state index in [1.54, 1.807) is 13.0 Å². The third-order valence-electron chi connectivity index (χ3n) is 3.02. The van der Waals surface area contributed by atoms with Gasteiger partial charge in [-0.15, -0.1) is 0 Å². The Balaban J connectivity index is 2.60. The van der Waals surface area contributed by atoms with Gasteiger partial charge in [0, 0.05) is 17.4 Å². The smallest absolute Gasteiger partial charge is 0.251 e. The molecule has 106 valence electrons. The van der Waals surface area contributed by atoms with Crippen LogP contribution in [-0.2, 0) is 0 Å². The Morgan fingerprint density at radius 1 is 1.37 bits per heavy atom. The molecule has 0 spiro atoms. The van der Waals surface area contributed by atoms with Crippen LogP contribution in [0.25, 0.3) is 0 Å². The average molecular weight is 330 g/mol. The molecule has 1 amide bonds. The van der Waals surface area contributed by atoms with E-state index in [2.05, 4.69) is 35.1 Å². The SMILES string of the molecule is Cc1cc(F)cc(C(=O)NCC(C)(C)CCCBr)c1. The van der Waals surface area contributed by atoms with Gasteiger partial charge in [-0.1, -0.05) is 29.8 Å². The van der Waals surface area contributed by atoms with Crippen molar-refractivity contribution in [2.45, 2.75) is 33.6 Å². The van der Waals surface area contributed by atoms with Crippen LogP contribution in [0.4, 0.5) is 4.39 Å². The molecule has 0 saturated heterocycles. The molecule has 1 aromatic carbocycles. The Morgan fingerprint density at radius 2 is 2.05 bits per heavy atom. The number of carbonyl (C=O) groups excluding carboxylic acids is 1. The molecule has 19 heavy (non-hydrogen) atoms. The second-order valence-electron chi connectivity index (χ2n) is 5.66. The van der Waals surface area contributed by atoms with Crippen molar-refractivity contribution in [3.8, 4) is 0 Å². The first-order valence-electron chi connectivity index (χ1n) is 6.45. The summed E-state index contributed by atoms with van der Waals surface area (Å²) < 4.78 is 13.2. The first kappa shape index (κ1) is 16.2. The summed E-state index contributed by atoms with van der Waals surface area (Å²) in [6.45, 7) is 6.60. The van der Waals surface area contributed by atoms with E-state index in [9.17, 15) is 9.18 Å². The van der Waals surface area contributed by atoms with Gasteiger partial charge in [0.2, 0.25) is 0 Å². The molecule has 0 aromatic heterocycles. The van der Waals surface area contributed by atoms with Gasteiger partial charge in [-0.3, -0.25) is 4.79 Å². The van der Waals surface area contributed by atoms with Crippen LogP contribution in [0.1, 0.15) is 42.6 Å². The van der Waals surface area contributed by atoms with Crippen molar-refractivity contribution in [1.82, 2.24) is 5.32 Å². The molecule has 0 aliphatic rings. The molecule has 0 atom stereocenters. The zero-order valence-electron chi connectivity index (χ0n) is 11.7. The van der Waals surface area contributed by atoms with Crippen LogP contribution >= 0.6 is 15.9 Å². The second-order valence-corrected chi connectivity index (χ2v) is 6.45. The van der Waals surface area contributed by atoms with Gasteiger partial charge in [0.25, 0.3) is 5.91 Å². The highest BCUT2D eigenvalue weighted by atomic mass is 79.9. The largest absolute Gasteiger partial charge is 0.352 e. The molecule has 0 unspecified atom stereocenters. The minimum absolute atomic E-state index is 0.0474. The zero-order chi connectivity index (χ0) is 14.5. The van der Waals surface area contributed by atoms with Crippen molar-refractivity contribution in [2.75, 3.05) is 11.9 Å². The third kappa shape index (κ3) is 5.72. The number of hydrogen-bond donors (Lipinski definition) is 1. The van der Waals surface area contributed by atoms with Crippen LogP contribution in [0.15, 0.2) is 18.2 Å². The van der Waals surface area contributed by atoms with E-state index >= 15 is 0 Å². The molecule has 0 aliphatic carbocycles. The Labute approximate surface area is 122 Å². The number of amides is 1. The van der Waals surface area contributed by atoms with Gasteiger partial charge in [0.15, 0.2) is 0 Å². The molecule has 0 bridgehead atoms. The summed E-state index contributed by atoms with van der Waals surface area (Å²) >= 11 is 3.41. The quantitative estimate of drug-likeness (QED) is 0.783. The number of carbonyl (C=O) groups is 1. The van der Waals surface area contributed by atoms with Gasteiger partial charge in [0.1, 0.15) is 5.82 Å². The fourth-order valence-electron chi connectivity index (χ4n) is 1.92. The fraction of sp³-hybridized carbons (Fsp3) is 0.533. The van der Waals surface area contributed by atoms with Crippen molar-refractivity contribution < 1.29 is 9.18 Å². The molecule has 1 aromatic rings. The number of rotatable bonds is 6. The maximum absolute atomic E-state index is 13.2. The summed E-state index contributed by atoms with van der Waals surface area (Å²) in [7, 11) is 0. The first-order valence-corrected chi connectivity index (χ1v) is 7.57. The monoisotopic (exact) mass is 329 g/mol. The number of aryl methyl sites for hydroxylation is 1. The Bertz CT molecular complexity index is 426. The van der Waals surface area contributed by atoms with Crippen molar-refractivity contribution >= 4 is 21.8 Å². The highest BCUT2D eigenvalue weighted by Gasteiger charge is 2.19. The summed E-state index contributed by atoms with van der Waals surface area (Å²) in [6.07, 6.45) is 2.10. The Hall–Kier alpha value is -0.900. The Kier molecular flexibility index (Phi) is 5.98. The van der Waals surface area contributed by atoms with Crippen LogP contribution in [0.5, 0.6) is 0 Å². The molecule has 0 fully saturated rings. The maximum atomic E-state index is 13.2. The normalized spacial score (nSPS) is 11.4. The van der Waals surface area contributed by atoms with Crippen molar-refractivity contribution in [1.29, 1.82) is 0 Å². The van der Waals surface area contributed by atoms with Gasteiger partial charge >= 0.3 is 0 Å². The highest BCUT2D eigenvalue weighted by molar-refractivity contribution is 9.09. The molecule has 0 aliphatic heterocycles. The topological polar surface area (TPSA) is 29.1 Å². The van der Waals surface area contributed by atoms with Gasteiger partial charge in [0.05, 0.1) is 0 Å². The molecule has 0 heterocycles. The van der Waals surface area contributed by atoms with Crippen molar-refractivity contribution in [3.05, 3.63) is 35.1 Å². The summed E-state index contributed by atoms with van der Waals surface area (Å²) in [5, 5.41) is 3.85. The van der Waals surface area contributed by atoms with Gasteiger partial charge in [-0.25, -0.2) is 4.39 Å². The van der Waals surface area contributed by atoms with Crippen molar-refractivity contribution in [2.24, 2.45) is 5.41 Å². The standard InChI is InChI=1S/C15H21BrFNO/c1-11-7-12(9-13(17)8-11)14(19)18-10-15(2,3)5-4-6-16/h7-9H,4-6,10H2,1-3H3,(H,18,19). The maximum Gasteiger partial charge on any atom is 0.251 e. The minimum atomic E-state index is -0.372. The molecular formula is C15H21BrFNO. The van der Waals surface area contributed by atoms with Crippen LogP contribution < -0.4 is 5.32 Å². The molecule has 0 saturated carbocycles. The summed E-state index contributed by atoms with van der Waals surface area (Å²) in [4.78, 5) is 12.0. The number of hydrogen-bond acceptors (Lipinski definition) is 1. The lowest BCUT2D eigenvalue weighted by molar-refractivity contribution is 0.0934. The zero-order valence-corrected chi connectivity index (χ0v) is 13.3. The van der Waals surface area contributed by atoms with Crippen LogP contribution in [-0.4, -0.2) is 17.8 Å². The van der Waals surface area contributed by atoms with Gasteiger partial charge in [-0.2, -0.15) is 0 Å². The molecule has 1 rings (SSSR count). The minimum Gasteiger partial charge on any atom is -0.352 e. The lowest BCUT2D eigenvalue weighted by Crippen LogP contribution is -2.34. The average Bonchev–Trinajstić information content (AvgIpc) is 2.32. The molecule has 4 heteroatoms. The number of alkyl halides is 1. The lowest BCUT2D eigenvalue weighted by atomic mass is 9.88. The predicted octanol–water partition coefficient (Wildman–Crippen LogP) is 4.07. The second kappa shape index (κ2) is 7.04. The van der Waals surface area contributed by atoms with E-state index in [4.69, 9.17) is 0 Å². The summed E-state index contributed by atoms with van der Waals surface area (Å²) in [6, 6.07) is 4.38. The molecule has 0 radical (unpaired) electrons. The van der Waals surface area contributed by atoms with E-state index in [-0.39, 0.29) is 17.1 Å². The predicted molar refractivity (Wildman–Crippen MR) is 80.3 cm³/mol. The Morgan fingerprint density at radius 3 is 2.63 bits per heavy atom. The highest BCUT2D eigenvalue weighted by Crippen LogP contribution is 2.21. The molecule has 2 nitrogen and oxygen atoms in total. The van der Waals surface area contributed by atoms with Crippen LogP contribution in [0.3, 0.4) is 0 Å². The number of nitrogens with one attached hydrogen (secondary N) is 1. The van der Waals surface area contributed by atoms with Crippen molar-refractivity contribution in [3.63, 3.8) is 0 Å². The van der Waals surface area contributed by atoms with E-state index in [1.807, 2.05) is 0 Å². The fourth-order valence-corrected chi connectivity index (χ4v) is 2.20. The van der Waals surface area contributed by atoms with E-state index < -0.39 is 0 Å². The number of halogens is 2. The van der Waals surface area contributed by atoms with Crippen LogP contribution in [0, 0.1) is 18.2 Å². The number of benzene rings is 1. The summed E-state index contributed by atoms with van der Waals surface area (Å²) in [5.41, 5.74) is 1.18.